The number of aliphatic hydroxyl groups is 1. The third kappa shape index (κ3) is 2.61. The molecule has 1 unspecified atom stereocenters. The Morgan fingerprint density at radius 3 is 2.96 bits per heavy atom. The van der Waals surface area contributed by atoms with Gasteiger partial charge in [0.1, 0.15) is 10.5 Å². The van der Waals surface area contributed by atoms with E-state index in [1.165, 1.54) is 10.5 Å². The summed E-state index contributed by atoms with van der Waals surface area (Å²) in [5.41, 5.74) is -0.989. The number of nitrogens with one attached hydrogen (secondary N) is 1. The van der Waals surface area contributed by atoms with E-state index >= 15 is 0 Å². The summed E-state index contributed by atoms with van der Waals surface area (Å²) in [5.74, 6) is 0.591. The maximum atomic E-state index is 13.0. The highest BCUT2D eigenvalue weighted by Gasteiger charge is 2.47. The Balaban J connectivity index is 1.65. The van der Waals surface area contributed by atoms with Gasteiger partial charge in [-0.25, -0.2) is 13.4 Å². The number of nitrogens with zero attached hydrogens (tertiary/aromatic N) is 4. The van der Waals surface area contributed by atoms with E-state index in [2.05, 4.69) is 20.1 Å². The molecule has 0 bridgehead atoms. The van der Waals surface area contributed by atoms with Gasteiger partial charge in [0, 0.05) is 36.7 Å². The van der Waals surface area contributed by atoms with Gasteiger partial charge in [0.15, 0.2) is 11.4 Å². The van der Waals surface area contributed by atoms with Crippen LogP contribution in [-0.4, -0.2) is 51.0 Å². The maximum absolute atomic E-state index is 13.0. The first kappa shape index (κ1) is 17.1. The molecule has 0 radical (unpaired) electrons. The smallest absolute Gasteiger partial charge is 0.260 e. The van der Waals surface area contributed by atoms with Crippen molar-refractivity contribution in [2.45, 2.75) is 36.7 Å². The number of fused-ring (bicyclic) bond motifs is 1. The van der Waals surface area contributed by atoms with E-state index in [0.717, 1.165) is 0 Å². The van der Waals surface area contributed by atoms with E-state index in [1.54, 1.807) is 18.3 Å². The Bertz CT molecular complexity index is 1060. The average molecular weight is 377 g/mol. The molecule has 10 heteroatoms. The lowest BCUT2D eigenvalue weighted by Crippen LogP contribution is -2.34. The molecule has 1 aliphatic rings. The Hall–Kier alpha value is -2.30. The number of β-amino-alcohol motifs (C(OH)–C–C–N with tert-alkyl or cyclic N) is 1. The highest BCUT2D eigenvalue weighted by Crippen LogP contribution is 2.35. The molecule has 0 amide bonds. The van der Waals surface area contributed by atoms with E-state index in [-0.39, 0.29) is 36.2 Å². The zero-order chi connectivity index (χ0) is 18.5. The van der Waals surface area contributed by atoms with Gasteiger partial charge >= 0.3 is 0 Å². The van der Waals surface area contributed by atoms with Crippen molar-refractivity contribution in [3.63, 3.8) is 0 Å². The quantitative estimate of drug-likeness (QED) is 0.703. The van der Waals surface area contributed by atoms with Gasteiger partial charge in [0.2, 0.25) is 10.0 Å². The average Bonchev–Trinajstić information content (AvgIpc) is 3.33. The number of rotatable bonds is 4. The monoisotopic (exact) mass is 377 g/mol. The molecule has 0 spiro atoms. The van der Waals surface area contributed by atoms with Gasteiger partial charge in [0.25, 0.3) is 5.89 Å². The van der Waals surface area contributed by atoms with Crippen molar-refractivity contribution in [1.82, 2.24) is 24.4 Å². The SMILES string of the molecule is CC(C)c1noc(C2(O)CCN(S(=O)(=O)c3c[nH]c4ncccc34)C2)n1. The van der Waals surface area contributed by atoms with Gasteiger partial charge < -0.3 is 14.6 Å². The van der Waals surface area contributed by atoms with Crippen molar-refractivity contribution in [1.29, 1.82) is 0 Å². The van der Waals surface area contributed by atoms with Gasteiger partial charge in [0.05, 0.1) is 6.54 Å². The molecular formula is C16H19N5O4S. The second kappa shape index (κ2) is 5.86. The second-order valence-electron chi connectivity index (χ2n) is 6.79. The number of sulfonamides is 1. The topological polar surface area (TPSA) is 125 Å². The van der Waals surface area contributed by atoms with Crippen LogP contribution in [0.1, 0.15) is 37.9 Å². The summed E-state index contributed by atoms with van der Waals surface area (Å²) in [5, 5.41) is 15.3. The molecule has 0 aromatic carbocycles. The minimum atomic E-state index is -3.80. The highest BCUT2D eigenvalue weighted by molar-refractivity contribution is 7.89. The van der Waals surface area contributed by atoms with Crippen LogP contribution in [0.4, 0.5) is 0 Å². The van der Waals surface area contributed by atoms with Crippen LogP contribution in [0.2, 0.25) is 0 Å². The standard InChI is InChI=1S/C16H19N5O4S/c1-10(2)13-19-15(25-20-13)16(22)5-7-21(9-16)26(23,24)12-8-18-14-11(12)4-3-6-17-14/h3-4,6,8,10,22H,5,7,9H2,1-2H3,(H,17,18). The molecule has 1 fully saturated rings. The fraction of sp³-hybridized carbons (Fsp3) is 0.438. The Labute approximate surface area is 150 Å². The Morgan fingerprint density at radius 2 is 2.23 bits per heavy atom. The fourth-order valence-electron chi connectivity index (χ4n) is 3.08. The van der Waals surface area contributed by atoms with Crippen LogP contribution in [0.15, 0.2) is 33.9 Å². The predicted molar refractivity (Wildman–Crippen MR) is 91.8 cm³/mol. The van der Waals surface area contributed by atoms with E-state index in [0.29, 0.717) is 16.9 Å². The zero-order valence-electron chi connectivity index (χ0n) is 14.4. The molecule has 1 saturated heterocycles. The number of hydrogen-bond donors (Lipinski definition) is 2. The van der Waals surface area contributed by atoms with Crippen LogP contribution in [0, 0.1) is 0 Å². The minimum Gasteiger partial charge on any atom is -0.379 e. The van der Waals surface area contributed by atoms with Crippen molar-refractivity contribution >= 4 is 21.1 Å². The summed E-state index contributed by atoms with van der Waals surface area (Å²) in [6.07, 6.45) is 3.20. The fourth-order valence-corrected chi connectivity index (χ4v) is 4.72. The summed E-state index contributed by atoms with van der Waals surface area (Å²) in [6.45, 7) is 3.84. The molecule has 26 heavy (non-hydrogen) atoms. The number of H-pyrrole nitrogens is 1. The maximum Gasteiger partial charge on any atom is 0.260 e. The van der Waals surface area contributed by atoms with Gasteiger partial charge in [-0.2, -0.15) is 9.29 Å². The largest absolute Gasteiger partial charge is 0.379 e. The Kier molecular flexibility index (Phi) is 3.86. The molecule has 4 heterocycles. The normalized spacial score (nSPS) is 21.8. The van der Waals surface area contributed by atoms with Crippen molar-refractivity contribution in [3.05, 3.63) is 36.2 Å². The summed E-state index contributed by atoms with van der Waals surface area (Å²) < 4.78 is 32.5. The first-order chi connectivity index (χ1) is 12.3. The molecule has 3 aromatic rings. The zero-order valence-corrected chi connectivity index (χ0v) is 15.2. The molecule has 9 nitrogen and oxygen atoms in total. The molecule has 1 atom stereocenters. The number of pyridine rings is 1. The third-order valence-corrected chi connectivity index (χ3v) is 6.49. The van der Waals surface area contributed by atoms with Gasteiger partial charge in [-0.15, -0.1) is 0 Å². The first-order valence-electron chi connectivity index (χ1n) is 8.30. The molecule has 1 aliphatic heterocycles. The summed E-state index contributed by atoms with van der Waals surface area (Å²) in [7, 11) is -3.80. The van der Waals surface area contributed by atoms with Crippen molar-refractivity contribution < 1.29 is 18.0 Å². The Morgan fingerprint density at radius 1 is 1.42 bits per heavy atom. The third-order valence-electron chi connectivity index (χ3n) is 4.60. The minimum absolute atomic E-state index is 0.0519. The van der Waals surface area contributed by atoms with Crippen molar-refractivity contribution in [3.8, 4) is 0 Å². The molecule has 4 rings (SSSR count). The van der Waals surface area contributed by atoms with Gasteiger partial charge in [-0.1, -0.05) is 19.0 Å². The predicted octanol–water partition coefficient (Wildman–Crippen LogP) is 1.35. The molecular weight excluding hydrogens is 358 g/mol. The van der Waals surface area contributed by atoms with Crippen LogP contribution in [-0.2, 0) is 15.6 Å². The summed E-state index contributed by atoms with van der Waals surface area (Å²) in [4.78, 5) is 11.3. The van der Waals surface area contributed by atoms with E-state index in [9.17, 15) is 13.5 Å². The number of aromatic amines is 1. The van der Waals surface area contributed by atoms with Gasteiger partial charge in [-0.3, -0.25) is 0 Å². The highest BCUT2D eigenvalue weighted by atomic mass is 32.2. The van der Waals surface area contributed by atoms with Crippen LogP contribution in [0.3, 0.4) is 0 Å². The summed E-state index contributed by atoms with van der Waals surface area (Å²) >= 11 is 0. The number of aromatic nitrogens is 4. The molecule has 0 aliphatic carbocycles. The van der Waals surface area contributed by atoms with Gasteiger partial charge in [-0.05, 0) is 12.1 Å². The van der Waals surface area contributed by atoms with E-state index in [1.807, 2.05) is 13.8 Å². The molecule has 2 N–H and O–H groups in total. The van der Waals surface area contributed by atoms with E-state index in [4.69, 9.17) is 4.52 Å². The first-order valence-corrected chi connectivity index (χ1v) is 9.74. The van der Waals surface area contributed by atoms with Crippen LogP contribution in [0.25, 0.3) is 11.0 Å². The molecule has 138 valence electrons. The lowest BCUT2D eigenvalue weighted by molar-refractivity contribution is 0.0194. The number of hydrogen-bond acceptors (Lipinski definition) is 7. The lowest BCUT2D eigenvalue weighted by atomic mass is 10.0. The van der Waals surface area contributed by atoms with Crippen molar-refractivity contribution in [2.24, 2.45) is 0 Å². The summed E-state index contributed by atoms with van der Waals surface area (Å²) in [6, 6.07) is 3.38. The van der Waals surface area contributed by atoms with Crippen LogP contribution in [0.5, 0.6) is 0 Å². The van der Waals surface area contributed by atoms with Crippen LogP contribution < -0.4 is 0 Å². The molecule has 0 saturated carbocycles. The lowest BCUT2D eigenvalue weighted by Gasteiger charge is -2.19. The van der Waals surface area contributed by atoms with Crippen LogP contribution >= 0.6 is 0 Å². The van der Waals surface area contributed by atoms with E-state index < -0.39 is 15.6 Å². The van der Waals surface area contributed by atoms with Crippen molar-refractivity contribution in [2.75, 3.05) is 13.1 Å². The molecule has 3 aromatic heterocycles. The second-order valence-corrected chi connectivity index (χ2v) is 8.69.